The fourth-order valence-electron chi connectivity index (χ4n) is 1.39. The SMILES string of the molecule is CC(=O)N(CC1CC1)c1cnc(Br)cn1. The zero-order valence-corrected chi connectivity index (χ0v) is 10.1. The third kappa shape index (κ3) is 2.75. The molecule has 0 unspecified atom stereocenters. The highest BCUT2D eigenvalue weighted by Gasteiger charge is 2.26. The van der Waals surface area contributed by atoms with Crippen LogP contribution in [0.2, 0.25) is 0 Å². The summed E-state index contributed by atoms with van der Waals surface area (Å²) in [6.07, 6.45) is 5.66. The largest absolute Gasteiger partial charge is 0.296 e. The van der Waals surface area contributed by atoms with Gasteiger partial charge in [-0.15, -0.1) is 0 Å². The molecule has 1 amide bonds. The molecular formula is C10H12BrN3O. The fourth-order valence-corrected chi connectivity index (χ4v) is 1.59. The molecule has 0 bridgehead atoms. The van der Waals surface area contributed by atoms with Crippen molar-refractivity contribution in [2.75, 3.05) is 11.4 Å². The summed E-state index contributed by atoms with van der Waals surface area (Å²) in [6, 6.07) is 0. The number of carbonyl (C=O) groups excluding carboxylic acids is 1. The second-order valence-corrected chi connectivity index (χ2v) is 4.58. The van der Waals surface area contributed by atoms with E-state index in [2.05, 4.69) is 25.9 Å². The van der Waals surface area contributed by atoms with Crippen LogP contribution < -0.4 is 4.90 Å². The summed E-state index contributed by atoms with van der Waals surface area (Å²) in [7, 11) is 0. The molecule has 1 aromatic heterocycles. The fraction of sp³-hybridized carbons (Fsp3) is 0.500. The third-order valence-corrected chi connectivity index (χ3v) is 2.81. The maximum Gasteiger partial charge on any atom is 0.225 e. The monoisotopic (exact) mass is 269 g/mol. The van der Waals surface area contributed by atoms with Crippen molar-refractivity contribution in [1.29, 1.82) is 0 Å². The van der Waals surface area contributed by atoms with Gasteiger partial charge in [-0.3, -0.25) is 9.69 Å². The minimum Gasteiger partial charge on any atom is -0.296 e. The molecule has 1 heterocycles. The van der Waals surface area contributed by atoms with E-state index < -0.39 is 0 Å². The summed E-state index contributed by atoms with van der Waals surface area (Å²) in [5, 5.41) is 0. The molecule has 15 heavy (non-hydrogen) atoms. The Balaban J connectivity index is 2.15. The van der Waals surface area contributed by atoms with Crippen LogP contribution in [0.4, 0.5) is 5.82 Å². The molecule has 0 atom stereocenters. The van der Waals surface area contributed by atoms with Gasteiger partial charge in [0.25, 0.3) is 0 Å². The molecule has 80 valence electrons. The molecular weight excluding hydrogens is 258 g/mol. The lowest BCUT2D eigenvalue weighted by atomic mass is 10.3. The topological polar surface area (TPSA) is 46.1 Å². The van der Waals surface area contributed by atoms with E-state index in [0.717, 1.165) is 6.54 Å². The summed E-state index contributed by atoms with van der Waals surface area (Å²) in [6.45, 7) is 2.33. The van der Waals surface area contributed by atoms with Crippen LogP contribution in [0.3, 0.4) is 0 Å². The number of nitrogens with zero attached hydrogens (tertiary/aromatic N) is 3. The van der Waals surface area contributed by atoms with Gasteiger partial charge >= 0.3 is 0 Å². The summed E-state index contributed by atoms with van der Waals surface area (Å²) in [5.74, 6) is 1.32. The van der Waals surface area contributed by atoms with E-state index in [4.69, 9.17) is 0 Å². The standard InChI is InChI=1S/C10H12BrN3O/c1-7(15)14(6-8-2-3-8)10-5-12-9(11)4-13-10/h4-5,8H,2-3,6H2,1H3. The van der Waals surface area contributed by atoms with Gasteiger partial charge in [0.1, 0.15) is 4.60 Å². The highest BCUT2D eigenvalue weighted by molar-refractivity contribution is 9.10. The molecule has 4 nitrogen and oxygen atoms in total. The van der Waals surface area contributed by atoms with Crippen molar-refractivity contribution in [3.05, 3.63) is 17.0 Å². The van der Waals surface area contributed by atoms with Gasteiger partial charge in [-0.05, 0) is 34.7 Å². The molecule has 0 spiro atoms. The van der Waals surface area contributed by atoms with E-state index in [0.29, 0.717) is 16.3 Å². The molecule has 0 radical (unpaired) electrons. The Morgan fingerprint density at radius 3 is 2.73 bits per heavy atom. The minimum absolute atomic E-state index is 0.0264. The molecule has 1 aromatic rings. The molecule has 1 aliphatic carbocycles. The average Bonchev–Trinajstić information content (AvgIpc) is 2.99. The number of aromatic nitrogens is 2. The number of hydrogen-bond donors (Lipinski definition) is 0. The normalized spacial score (nSPS) is 15.1. The van der Waals surface area contributed by atoms with Crippen LogP contribution in [-0.4, -0.2) is 22.4 Å². The molecule has 2 rings (SSSR count). The zero-order chi connectivity index (χ0) is 10.8. The first-order chi connectivity index (χ1) is 7.16. The summed E-state index contributed by atoms with van der Waals surface area (Å²) >= 11 is 3.22. The lowest BCUT2D eigenvalue weighted by Crippen LogP contribution is -2.31. The van der Waals surface area contributed by atoms with Crippen LogP contribution in [-0.2, 0) is 4.79 Å². The Bertz CT molecular complexity index is 361. The number of amides is 1. The molecule has 0 saturated heterocycles. The maximum atomic E-state index is 11.4. The van der Waals surface area contributed by atoms with Crippen molar-refractivity contribution in [1.82, 2.24) is 9.97 Å². The van der Waals surface area contributed by atoms with Crippen LogP contribution >= 0.6 is 15.9 Å². The van der Waals surface area contributed by atoms with Crippen LogP contribution in [0.1, 0.15) is 19.8 Å². The molecule has 1 saturated carbocycles. The van der Waals surface area contributed by atoms with Gasteiger partial charge < -0.3 is 0 Å². The van der Waals surface area contributed by atoms with Gasteiger partial charge in [-0.1, -0.05) is 0 Å². The van der Waals surface area contributed by atoms with E-state index in [9.17, 15) is 4.79 Å². The third-order valence-electron chi connectivity index (χ3n) is 2.40. The second-order valence-electron chi connectivity index (χ2n) is 3.77. The molecule has 0 N–H and O–H groups in total. The first kappa shape index (κ1) is 10.5. The van der Waals surface area contributed by atoms with Crippen LogP contribution in [0.5, 0.6) is 0 Å². The molecule has 1 aliphatic rings. The van der Waals surface area contributed by atoms with E-state index in [1.807, 2.05) is 0 Å². The van der Waals surface area contributed by atoms with Crippen molar-refractivity contribution in [2.24, 2.45) is 5.92 Å². The summed E-state index contributed by atoms with van der Waals surface area (Å²) in [5.41, 5.74) is 0. The zero-order valence-electron chi connectivity index (χ0n) is 8.48. The Hall–Kier alpha value is -0.970. The number of hydrogen-bond acceptors (Lipinski definition) is 3. The number of halogens is 1. The molecule has 5 heteroatoms. The van der Waals surface area contributed by atoms with Crippen LogP contribution in [0.25, 0.3) is 0 Å². The second kappa shape index (κ2) is 4.26. The van der Waals surface area contributed by atoms with Crippen LogP contribution in [0, 0.1) is 5.92 Å². The molecule has 0 aliphatic heterocycles. The number of rotatable bonds is 3. The Kier molecular flexibility index (Phi) is 3.00. The molecule has 1 fully saturated rings. The van der Waals surface area contributed by atoms with Crippen molar-refractivity contribution in [2.45, 2.75) is 19.8 Å². The van der Waals surface area contributed by atoms with Crippen molar-refractivity contribution in [3.8, 4) is 0 Å². The highest BCUT2D eigenvalue weighted by atomic mass is 79.9. The van der Waals surface area contributed by atoms with Gasteiger partial charge in [0.2, 0.25) is 5.91 Å². The average molecular weight is 270 g/mol. The Morgan fingerprint density at radius 1 is 1.53 bits per heavy atom. The first-order valence-electron chi connectivity index (χ1n) is 4.92. The number of anilines is 1. The van der Waals surface area contributed by atoms with E-state index in [1.54, 1.807) is 24.2 Å². The van der Waals surface area contributed by atoms with Gasteiger partial charge in [0.05, 0.1) is 12.4 Å². The first-order valence-corrected chi connectivity index (χ1v) is 5.72. The van der Waals surface area contributed by atoms with Crippen molar-refractivity contribution < 1.29 is 4.79 Å². The van der Waals surface area contributed by atoms with E-state index in [-0.39, 0.29) is 5.91 Å². The predicted molar refractivity (Wildman–Crippen MR) is 60.5 cm³/mol. The van der Waals surface area contributed by atoms with Gasteiger partial charge in [-0.2, -0.15) is 0 Å². The Labute approximate surface area is 96.8 Å². The lowest BCUT2D eigenvalue weighted by Gasteiger charge is -2.19. The van der Waals surface area contributed by atoms with Gasteiger partial charge in [0, 0.05) is 13.5 Å². The maximum absolute atomic E-state index is 11.4. The van der Waals surface area contributed by atoms with Crippen molar-refractivity contribution in [3.63, 3.8) is 0 Å². The summed E-state index contributed by atoms with van der Waals surface area (Å²) in [4.78, 5) is 21.4. The summed E-state index contributed by atoms with van der Waals surface area (Å²) < 4.78 is 0.682. The van der Waals surface area contributed by atoms with E-state index in [1.165, 1.54) is 12.8 Å². The van der Waals surface area contributed by atoms with E-state index >= 15 is 0 Å². The number of carbonyl (C=O) groups is 1. The highest BCUT2D eigenvalue weighted by Crippen LogP contribution is 2.30. The lowest BCUT2D eigenvalue weighted by molar-refractivity contribution is -0.116. The Morgan fingerprint density at radius 2 is 2.27 bits per heavy atom. The minimum atomic E-state index is 0.0264. The predicted octanol–water partition coefficient (Wildman–Crippen LogP) is 2.00. The van der Waals surface area contributed by atoms with Crippen LogP contribution in [0.15, 0.2) is 17.0 Å². The van der Waals surface area contributed by atoms with Gasteiger partial charge in [0.15, 0.2) is 5.82 Å². The van der Waals surface area contributed by atoms with Gasteiger partial charge in [-0.25, -0.2) is 9.97 Å². The molecule has 0 aromatic carbocycles. The smallest absolute Gasteiger partial charge is 0.225 e. The van der Waals surface area contributed by atoms with Crippen molar-refractivity contribution >= 4 is 27.7 Å². The quantitative estimate of drug-likeness (QED) is 0.843.